The van der Waals surface area contributed by atoms with Crippen LogP contribution in [0.2, 0.25) is 0 Å². The number of phenols is 1. The van der Waals surface area contributed by atoms with Gasteiger partial charge in [0.2, 0.25) is 0 Å². The van der Waals surface area contributed by atoms with E-state index in [4.69, 9.17) is 4.74 Å². The predicted octanol–water partition coefficient (Wildman–Crippen LogP) is 2.90. The summed E-state index contributed by atoms with van der Waals surface area (Å²) in [4.78, 5) is 14.9. The van der Waals surface area contributed by atoms with Crippen molar-refractivity contribution in [3.8, 4) is 5.75 Å². The number of hydrogen-bond donors (Lipinski definition) is 1. The van der Waals surface area contributed by atoms with Gasteiger partial charge in [0.05, 0.1) is 11.1 Å². The highest BCUT2D eigenvalue weighted by Crippen LogP contribution is 2.30. The van der Waals surface area contributed by atoms with Crippen molar-refractivity contribution >= 4 is 44.0 Å². The van der Waals surface area contributed by atoms with Crippen LogP contribution in [0.1, 0.15) is 12.5 Å². The number of carbonyl (C=O) groups excluding carboxylic acids is 1. The summed E-state index contributed by atoms with van der Waals surface area (Å²) in [5.74, 6) is -0.307. The second-order valence-electron chi connectivity index (χ2n) is 3.10. The Hall–Kier alpha value is -0.880. The van der Waals surface area contributed by atoms with Gasteiger partial charge in [-0.2, -0.15) is 0 Å². The molecule has 1 aromatic rings. The van der Waals surface area contributed by atoms with Crippen molar-refractivity contribution in [2.75, 3.05) is 13.2 Å². The Balaban J connectivity index is 2.74. The third kappa shape index (κ3) is 4.47. The largest absolute Gasteiger partial charge is 0.506 e. The minimum absolute atomic E-state index is 0.0581. The zero-order chi connectivity index (χ0) is 12.8. The molecule has 0 amide bonds. The maximum absolute atomic E-state index is 11.0. The summed E-state index contributed by atoms with van der Waals surface area (Å²) in [5.41, 5.74) is 0.524. The van der Waals surface area contributed by atoms with E-state index in [2.05, 4.69) is 36.9 Å². The number of aliphatic imine (C=N–C) groups is 1. The Morgan fingerprint density at radius 3 is 2.88 bits per heavy atom. The van der Waals surface area contributed by atoms with Crippen LogP contribution in [-0.4, -0.2) is 30.4 Å². The van der Waals surface area contributed by atoms with Crippen LogP contribution in [0.3, 0.4) is 0 Å². The lowest BCUT2D eigenvalue weighted by atomic mass is 10.2. The number of hydrogen-bond acceptors (Lipinski definition) is 4. The van der Waals surface area contributed by atoms with E-state index >= 15 is 0 Å². The summed E-state index contributed by atoms with van der Waals surface area (Å²) in [6.07, 6.45) is 1.43. The second kappa shape index (κ2) is 6.76. The van der Waals surface area contributed by atoms with Crippen molar-refractivity contribution in [3.05, 3.63) is 26.6 Å². The summed E-state index contributed by atoms with van der Waals surface area (Å²) in [6.45, 7) is 2.01. The van der Waals surface area contributed by atoms with Crippen LogP contribution in [0.4, 0.5) is 0 Å². The Morgan fingerprint density at radius 2 is 2.24 bits per heavy atom. The van der Waals surface area contributed by atoms with Gasteiger partial charge >= 0.3 is 5.97 Å². The highest BCUT2D eigenvalue weighted by Gasteiger charge is 2.05. The fraction of sp³-hybridized carbons (Fsp3) is 0.273. The van der Waals surface area contributed by atoms with E-state index in [9.17, 15) is 9.90 Å². The summed E-state index contributed by atoms with van der Waals surface area (Å²) in [7, 11) is 0. The molecule has 0 saturated carbocycles. The maximum atomic E-state index is 11.0. The second-order valence-corrected chi connectivity index (χ2v) is 4.87. The quantitative estimate of drug-likeness (QED) is 0.660. The lowest BCUT2D eigenvalue weighted by Crippen LogP contribution is -2.07. The van der Waals surface area contributed by atoms with Crippen LogP contribution < -0.4 is 0 Å². The van der Waals surface area contributed by atoms with Gasteiger partial charge in [-0.05, 0) is 35.0 Å². The van der Waals surface area contributed by atoms with Crippen molar-refractivity contribution < 1.29 is 14.6 Å². The number of ether oxygens (including phenoxy) is 1. The first-order valence-corrected chi connectivity index (χ1v) is 6.46. The molecule has 0 saturated heterocycles. The Morgan fingerprint density at radius 1 is 1.53 bits per heavy atom. The molecule has 0 atom stereocenters. The van der Waals surface area contributed by atoms with E-state index in [-0.39, 0.29) is 12.3 Å². The molecule has 6 heteroatoms. The summed E-state index contributed by atoms with van der Waals surface area (Å²) < 4.78 is 6.09. The molecule has 1 rings (SSSR count). The monoisotopic (exact) mass is 363 g/mol. The van der Waals surface area contributed by atoms with Crippen LogP contribution in [0.15, 0.2) is 26.1 Å². The molecule has 0 fully saturated rings. The molecule has 0 aliphatic carbocycles. The first-order chi connectivity index (χ1) is 8.04. The molecule has 0 spiro atoms. The zero-order valence-electron chi connectivity index (χ0n) is 9.11. The molecule has 0 unspecified atom stereocenters. The van der Waals surface area contributed by atoms with Crippen molar-refractivity contribution in [3.63, 3.8) is 0 Å². The number of nitrogens with zero attached hydrogens (tertiary/aromatic N) is 1. The number of halogens is 2. The van der Waals surface area contributed by atoms with Crippen molar-refractivity contribution in [2.45, 2.75) is 6.92 Å². The lowest BCUT2D eigenvalue weighted by Gasteiger charge is -2.02. The number of rotatable bonds is 4. The fourth-order valence-corrected chi connectivity index (χ4v) is 2.37. The third-order valence-electron chi connectivity index (χ3n) is 1.81. The lowest BCUT2D eigenvalue weighted by molar-refractivity contribution is -0.141. The Kier molecular flexibility index (Phi) is 5.64. The molecule has 4 nitrogen and oxygen atoms in total. The number of carbonyl (C=O) groups is 1. The van der Waals surface area contributed by atoms with Gasteiger partial charge in [-0.1, -0.05) is 15.9 Å². The van der Waals surface area contributed by atoms with Gasteiger partial charge in [0, 0.05) is 16.3 Å². The number of phenolic OH excluding ortho intramolecular Hbond substituents is 1. The van der Waals surface area contributed by atoms with E-state index in [1.54, 1.807) is 19.1 Å². The Bertz CT molecular complexity index is 447. The first-order valence-electron chi connectivity index (χ1n) is 4.88. The number of esters is 1. The van der Waals surface area contributed by atoms with Crippen LogP contribution in [0.25, 0.3) is 0 Å². The molecular formula is C11H11Br2NO3. The van der Waals surface area contributed by atoms with Gasteiger partial charge in [0.15, 0.2) is 0 Å². The molecule has 1 aromatic carbocycles. The molecule has 0 bridgehead atoms. The summed E-state index contributed by atoms with van der Waals surface area (Å²) >= 11 is 6.51. The molecule has 0 heterocycles. The number of aromatic hydroxyl groups is 1. The summed E-state index contributed by atoms with van der Waals surface area (Å²) in [6, 6.07) is 3.42. The van der Waals surface area contributed by atoms with E-state index in [1.165, 1.54) is 6.21 Å². The predicted molar refractivity (Wildman–Crippen MR) is 72.6 cm³/mol. The third-order valence-corrected chi connectivity index (χ3v) is 2.88. The van der Waals surface area contributed by atoms with Gasteiger partial charge in [-0.15, -0.1) is 0 Å². The molecule has 0 aliphatic rings. The van der Waals surface area contributed by atoms with Crippen LogP contribution >= 0.6 is 31.9 Å². The minimum Gasteiger partial charge on any atom is -0.506 e. The smallest absolute Gasteiger partial charge is 0.327 e. The average molecular weight is 365 g/mol. The molecule has 0 radical (unpaired) electrons. The van der Waals surface area contributed by atoms with Gasteiger partial charge in [0.25, 0.3) is 0 Å². The van der Waals surface area contributed by atoms with E-state index in [0.717, 1.165) is 4.47 Å². The highest BCUT2D eigenvalue weighted by molar-refractivity contribution is 9.11. The zero-order valence-corrected chi connectivity index (χ0v) is 12.3. The van der Waals surface area contributed by atoms with Crippen LogP contribution in [0, 0.1) is 0 Å². The van der Waals surface area contributed by atoms with E-state index in [1.807, 2.05) is 0 Å². The topological polar surface area (TPSA) is 58.9 Å². The maximum Gasteiger partial charge on any atom is 0.327 e. The fourth-order valence-electron chi connectivity index (χ4n) is 1.11. The SMILES string of the molecule is CCOC(=O)CN=Cc1cc(Br)cc(Br)c1O. The van der Waals surface area contributed by atoms with Gasteiger partial charge in [0.1, 0.15) is 12.3 Å². The van der Waals surface area contributed by atoms with Crippen LogP contribution in [0.5, 0.6) is 5.75 Å². The molecule has 0 aliphatic heterocycles. The molecular weight excluding hydrogens is 354 g/mol. The molecule has 92 valence electrons. The van der Waals surface area contributed by atoms with E-state index in [0.29, 0.717) is 16.6 Å². The normalized spacial score (nSPS) is 10.8. The molecule has 0 aromatic heterocycles. The highest BCUT2D eigenvalue weighted by atomic mass is 79.9. The number of benzene rings is 1. The van der Waals surface area contributed by atoms with Gasteiger partial charge in [-0.25, -0.2) is 0 Å². The van der Waals surface area contributed by atoms with Crippen molar-refractivity contribution in [1.82, 2.24) is 0 Å². The minimum atomic E-state index is -0.391. The van der Waals surface area contributed by atoms with Gasteiger partial charge in [-0.3, -0.25) is 9.79 Å². The van der Waals surface area contributed by atoms with E-state index < -0.39 is 5.97 Å². The first kappa shape index (κ1) is 14.2. The van der Waals surface area contributed by atoms with Gasteiger partial charge < -0.3 is 9.84 Å². The molecule has 17 heavy (non-hydrogen) atoms. The van der Waals surface area contributed by atoms with Crippen LogP contribution in [-0.2, 0) is 9.53 Å². The van der Waals surface area contributed by atoms with Crippen molar-refractivity contribution in [2.24, 2.45) is 4.99 Å². The standard InChI is InChI=1S/C11H11Br2NO3/c1-2-17-10(15)6-14-5-7-3-8(12)4-9(13)11(7)16/h3-5,16H,2,6H2,1H3. The molecule has 1 N–H and O–H groups in total. The summed E-state index contributed by atoms with van der Waals surface area (Å²) in [5, 5.41) is 9.72. The average Bonchev–Trinajstić information content (AvgIpc) is 2.25. The van der Waals surface area contributed by atoms with Crippen molar-refractivity contribution in [1.29, 1.82) is 0 Å². The Labute approximate surface area is 116 Å².